The van der Waals surface area contributed by atoms with Gasteiger partial charge in [-0.2, -0.15) is 0 Å². The highest BCUT2D eigenvalue weighted by molar-refractivity contribution is 5.77. The molecule has 5 nitrogen and oxygen atoms in total. The van der Waals surface area contributed by atoms with E-state index in [1.54, 1.807) is 0 Å². The molecule has 1 N–H and O–H groups in total. The predicted molar refractivity (Wildman–Crippen MR) is 79.0 cm³/mol. The van der Waals surface area contributed by atoms with E-state index < -0.39 is 5.97 Å². The molecule has 0 aliphatic heterocycles. The minimum absolute atomic E-state index is 0.115. The summed E-state index contributed by atoms with van der Waals surface area (Å²) >= 11 is 0. The Morgan fingerprint density at radius 3 is 2.80 bits per heavy atom. The molecule has 0 amide bonds. The Labute approximate surface area is 118 Å². The summed E-state index contributed by atoms with van der Waals surface area (Å²) in [5.41, 5.74) is 3.20. The summed E-state index contributed by atoms with van der Waals surface area (Å²) in [5.74, 6) is 0.0715. The van der Waals surface area contributed by atoms with Crippen LogP contribution in [0.2, 0.25) is 0 Å². The van der Waals surface area contributed by atoms with Crippen LogP contribution in [0.15, 0.2) is 18.2 Å². The van der Waals surface area contributed by atoms with Gasteiger partial charge >= 0.3 is 5.97 Å². The van der Waals surface area contributed by atoms with Crippen LogP contribution in [0.1, 0.15) is 17.8 Å². The van der Waals surface area contributed by atoms with E-state index >= 15 is 0 Å². The van der Waals surface area contributed by atoms with Crippen LogP contribution >= 0.6 is 0 Å². The number of aliphatic carboxylic acids is 1. The van der Waals surface area contributed by atoms with Gasteiger partial charge in [-0.15, -0.1) is 0 Å². The molecule has 0 aliphatic rings. The number of likely N-dealkylation sites (N-methyl/N-ethyl adjacent to an activating group) is 1. The Hall–Kier alpha value is -1.88. The van der Waals surface area contributed by atoms with Gasteiger partial charge in [-0.3, -0.25) is 4.79 Å². The Morgan fingerprint density at radius 2 is 2.15 bits per heavy atom. The van der Waals surface area contributed by atoms with Crippen LogP contribution in [-0.2, 0) is 17.8 Å². The molecular weight excluding hydrogens is 254 g/mol. The zero-order valence-corrected chi connectivity index (χ0v) is 12.3. The maximum absolute atomic E-state index is 10.8. The first kappa shape index (κ1) is 14.5. The predicted octanol–water partition coefficient (Wildman–Crippen LogP) is 1.92. The van der Waals surface area contributed by atoms with Gasteiger partial charge in [0.2, 0.25) is 0 Å². The average Bonchev–Trinajstić information content (AvgIpc) is 2.70. The van der Waals surface area contributed by atoms with E-state index in [2.05, 4.69) is 26.6 Å². The second kappa shape index (κ2) is 6.05. The van der Waals surface area contributed by atoms with Crippen LogP contribution in [0.3, 0.4) is 0 Å². The first-order valence-corrected chi connectivity index (χ1v) is 6.79. The number of benzene rings is 1. The highest BCUT2D eigenvalue weighted by Crippen LogP contribution is 2.19. The van der Waals surface area contributed by atoms with Gasteiger partial charge < -0.3 is 14.6 Å². The minimum atomic E-state index is -0.785. The molecule has 0 radical (unpaired) electrons. The van der Waals surface area contributed by atoms with Gasteiger partial charge in [0.1, 0.15) is 5.82 Å². The van der Waals surface area contributed by atoms with E-state index in [4.69, 9.17) is 5.11 Å². The number of hydrogen-bond acceptors (Lipinski definition) is 3. The van der Waals surface area contributed by atoms with Crippen molar-refractivity contribution in [2.75, 3.05) is 20.6 Å². The molecule has 0 fully saturated rings. The second-order valence-electron chi connectivity index (χ2n) is 5.37. The van der Waals surface area contributed by atoms with Crippen molar-refractivity contribution in [2.45, 2.75) is 26.3 Å². The fourth-order valence-corrected chi connectivity index (χ4v) is 2.25. The van der Waals surface area contributed by atoms with Gasteiger partial charge in [-0.25, -0.2) is 4.98 Å². The van der Waals surface area contributed by atoms with E-state index in [0.29, 0.717) is 6.42 Å². The van der Waals surface area contributed by atoms with Crippen molar-refractivity contribution in [1.29, 1.82) is 0 Å². The number of carbonyl (C=O) groups is 1. The Morgan fingerprint density at radius 1 is 1.40 bits per heavy atom. The second-order valence-corrected chi connectivity index (χ2v) is 5.37. The molecular formula is C15H21N3O2. The van der Waals surface area contributed by atoms with Gasteiger partial charge in [0.15, 0.2) is 0 Å². The molecule has 2 rings (SSSR count). The van der Waals surface area contributed by atoms with E-state index in [1.807, 2.05) is 27.1 Å². The lowest BCUT2D eigenvalue weighted by Gasteiger charge is -2.13. The lowest BCUT2D eigenvalue weighted by atomic mass is 10.2. The van der Waals surface area contributed by atoms with E-state index in [1.165, 1.54) is 5.56 Å². The number of carboxylic acids is 1. The van der Waals surface area contributed by atoms with Crippen LogP contribution in [0.25, 0.3) is 11.0 Å². The lowest BCUT2D eigenvalue weighted by molar-refractivity contribution is -0.137. The van der Waals surface area contributed by atoms with E-state index in [0.717, 1.165) is 29.9 Å². The number of imidazole rings is 1. The standard InChI is InChI=1S/C15H21N3O2/c1-11-4-5-13-12(10-11)16-14(6-7-15(19)20)18(13)9-8-17(2)3/h4-5,10H,6-9H2,1-3H3,(H,19,20). The molecule has 1 aromatic carbocycles. The Bertz CT molecular complexity index is 617. The highest BCUT2D eigenvalue weighted by atomic mass is 16.4. The number of nitrogens with zero attached hydrogens (tertiary/aromatic N) is 3. The van der Waals surface area contributed by atoms with E-state index in [-0.39, 0.29) is 6.42 Å². The quantitative estimate of drug-likeness (QED) is 0.875. The molecule has 2 aromatic rings. The van der Waals surface area contributed by atoms with Crippen LogP contribution in [-0.4, -0.2) is 46.2 Å². The average molecular weight is 275 g/mol. The fraction of sp³-hybridized carbons (Fsp3) is 0.467. The highest BCUT2D eigenvalue weighted by Gasteiger charge is 2.12. The van der Waals surface area contributed by atoms with Crippen molar-refractivity contribution in [1.82, 2.24) is 14.5 Å². The molecule has 0 spiro atoms. The summed E-state index contributed by atoms with van der Waals surface area (Å²) in [4.78, 5) is 17.5. The maximum atomic E-state index is 10.8. The van der Waals surface area contributed by atoms with Gasteiger partial charge in [-0.05, 0) is 38.7 Å². The monoisotopic (exact) mass is 275 g/mol. The smallest absolute Gasteiger partial charge is 0.303 e. The molecule has 1 heterocycles. The Kier molecular flexibility index (Phi) is 4.39. The minimum Gasteiger partial charge on any atom is -0.481 e. The van der Waals surface area contributed by atoms with Gasteiger partial charge in [-0.1, -0.05) is 6.07 Å². The molecule has 0 unspecified atom stereocenters. The van der Waals surface area contributed by atoms with Crippen LogP contribution < -0.4 is 0 Å². The van der Waals surface area contributed by atoms with Crippen molar-refractivity contribution in [2.24, 2.45) is 0 Å². The molecule has 5 heteroatoms. The van der Waals surface area contributed by atoms with Gasteiger partial charge in [0.25, 0.3) is 0 Å². The van der Waals surface area contributed by atoms with E-state index in [9.17, 15) is 4.79 Å². The molecule has 0 saturated carbocycles. The molecule has 0 aliphatic carbocycles. The van der Waals surface area contributed by atoms with Crippen LogP contribution in [0.4, 0.5) is 0 Å². The molecule has 20 heavy (non-hydrogen) atoms. The number of aromatic nitrogens is 2. The largest absolute Gasteiger partial charge is 0.481 e. The zero-order chi connectivity index (χ0) is 14.7. The summed E-state index contributed by atoms with van der Waals surface area (Å²) in [5, 5.41) is 8.86. The molecule has 1 aromatic heterocycles. The summed E-state index contributed by atoms with van der Waals surface area (Å²) in [6.45, 7) is 3.76. The van der Waals surface area contributed by atoms with Crippen molar-refractivity contribution < 1.29 is 9.90 Å². The number of carboxylic acid groups (broad SMARTS) is 1. The van der Waals surface area contributed by atoms with Gasteiger partial charge in [0, 0.05) is 19.5 Å². The Balaban J connectivity index is 2.36. The topological polar surface area (TPSA) is 58.4 Å². The van der Waals surface area contributed by atoms with Gasteiger partial charge in [0.05, 0.1) is 17.5 Å². The SMILES string of the molecule is Cc1ccc2c(c1)nc(CCC(=O)O)n2CCN(C)C. The van der Waals surface area contributed by atoms with Crippen molar-refractivity contribution >= 4 is 17.0 Å². The molecule has 108 valence electrons. The maximum Gasteiger partial charge on any atom is 0.303 e. The van der Waals surface area contributed by atoms with Crippen LogP contribution in [0.5, 0.6) is 0 Å². The summed E-state index contributed by atoms with van der Waals surface area (Å²) in [6, 6.07) is 6.18. The van der Waals surface area contributed by atoms with Crippen molar-refractivity contribution in [3.63, 3.8) is 0 Å². The molecule has 0 atom stereocenters. The number of aryl methyl sites for hydroxylation is 2. The lowest BCUT2D eigenvalue weighted by Crippen LogP contribution is -2.19. The molecule has 0 bridgehead atoms. The first-order chi connectivity index (χ1) is 9.47. The number of hydrogen-bond donors (Lipinski definition) is 1. The fourth-order valence-electron chi connectivity index (χ4n) is 2.25. The first-order valence-electron chi connectivity index (χ1n) is 6.79. The zero-order valence-electron chi connectivity index (χ0n) is 12.3. The third kappa shape index (κ3) is 3.36. The van der Waals surface area contributed by atoms with Crippen molar-refractivity contribution in [3.8, 4) is 0 Å². The number of rotatable bonds is 6. The summed E-state index contributed by atoms with van der Waals surface area (Å²) in [6.07, 6.45) is 0.584. The summed E-state index contributed by atoms with van der Waals surface area (Å²) < 4.78 is 2.14. The third-order valence-corrected chi connectivity index (χ3v) is 3.32. The third-order valence-electron chi connectivity index (χ3n) is 3.32. The summed E-state index contributed by atoms with van der Waals surface area (Å²) in [7, 11) is 4.06. The normalized spacial score (nSPS) is 11.4. The molecule has 0 saturated heterocycles. The number of fused-ring (bicyclic) bond motifs is 1. The van der Waals surface area contributed by atoms with Crippen molar-refractivity contribution in [3.05, 3.63) is 29.6 Å². The van der Waals surface area contributed by atoms with Crippen LogP contribution in [0, 0.1) is 6.92 Å².